The number of nitrogens with two attached hydrogens (primary N) is 1. The molecule has 1 heterocycles. The molecule has 0 spiro atoms. The molecular formula is C18H20IN5O. The average molecular weight is 449 g/mol. The van der Waals surface area contributed by atoms with E-state index in [0.29, 0.717) is 12.5 Å². The maximum Gasteiger partial charge on any atom is 0.193 e. The van der Waals surface area contributed by atoms with Crippen LogP contribution in [-0.2, 0) is 6.54 Å². The molecule has 25 heavy (non-hydrogen) atoms. The zero-order valence-corrected chi connectivity index (χ0v) is 15.9. The van der Waals surface area contributed by atoms with Crippen molar-refractivity contribution in [2.75, 3.05) is 11.9 Å². The Hall–Kier alpha value is -2.55. The van der Waals surface area contributed by atoms with E-state index in [1.54, 1.807) is 12.5 Å². The number of imidazole rings is 1. The van der Waals surface area contributed by atoms with Gasteiger partial charge >= 0.3 is 0 Å². The largest absolute Gasteiger partial charge is 0.457 e. The zero-order valence-electron chi connectivity index (χ0n) is 13.6. The standard InChI is InChI=1S/C18H19N5O.HI/c19-18(21-10-12-23-11-9-20-14-23)22-15-5-4-8-17(13-15)24-16-6-2-1-3-7-16;/h1-9,11,13-14H,10,12H2,(H3,19,21,22);1H. The molecule has 0 aliphatic carbocycles. The van der Waals surface area contributed by atoms with Crippen LogP contribution in [0.2, 0.25) is 0 Å². The fourth-order valence-electron chi connectivity index (χ4n) is 2.15. The summed E-state index contributed by atoms with van der Waals surface area (Å²) in [6, 6.07) is 17.2. The lowest BCUT2D eigenvalue weighted by atomic mass is 10.3. The quantitative estimate of drug-likeness (QED) is 0.342. The van der Waals surface area contributed by atoms with Crippen molar-refractivity contribution in [3.63, 3.8) is 0 Å². The zero-order chi connectivity index (χ0) is 16.6. The van der Waals surface area contributed by atoms with Gasteiger partial charge in [0.25, 0.3) is 0 Å². The van der Waals surface area contributed by atoms with Crippen LogP contribution < -0.4 is 15.8 Å². The lowest BCUT2D eigenvalue weighted by Gasteiger charge is -2.09. The monoisotopic (exact) mass is 449 g/mol. The summed E-state index contributed by atoms with van der Waals surface area (Å²) in [5.41, 5.74) is 6.75. The summed E-state index contributed by atoms with van der Waals surface area (Å²) in [7, 11) is 0. The number of hydrogen-bond acceptors (Lipinski definition) is 3. The second-order valence-electron chi connectivity index (χ2n) is 5.14. The fraction of sp³-hybridized carbons (Fsp3) is 0.111. The molecule has 0 aliphatic rings. The number of anilines is 1. The van der Waals surface area contributed by atoms with Crippen molar-refractivity contribution in [2.24, 2.45) is 10.7 Å². The molecule has 0 atom stereocenters. The number of rotatable bonds is 6. The topological polar surface area (TPSA) is 77.5 Å². The van der Waals surface area contributed by atoms with Crippen molar-refractivity contribution >= 4 is 35.6 Å². The minimum absolute atomic E-state index is 0. The van der Waals surface area contributed by atoms with Crippen molar-refractivity contribution < 1.29 is 4.74 Å². The number of halogens is 1. The van der Waals surface area contributed by atoms with Gasteiger partial charge in [-0.3, -0.25) is 4.99 Å². The minimum atomic E-state index is 0. The van der Waals surface area contributed by atoms with Gasteiger partial charge in [0.2, 0.25) is 0 Å². The van der Waals surface area contributed by atoms with Gasteiger partial charge < -0.3 is 20.4 Å². The van der Waals surface area contributed by atoms with E-state index < -0.39 is 0 Å². The summed E-state index contributed by atoms with van der Waals surface area (Å²) in [5, 5.41) is 3.07. The lowest BCUT2D eigenvalue weighted by molar-refractivity contribution is 0.483. The van der Waals surface area contributed by atoms with Gasteiger partial charge in [-0.15, -0.1) is 24.0 Å². The molecule has 3 rings (SSSR count). The molecular weight excluding hydrogens is 429 g/mol. The number of aliphatic imine (C=N–C) groups is 1. The first-order valence-electron chi connectivity index (χ1n) is 7.65. The van der Waals surface area contributed by atoms with Crippen LogP contribution in [0.5, 0.6) is 11.5 Å². The number of aromatic nitrogens is 2. The van der Waals surface area contributed by atoms with Gasteiger partial charge in [0.05, 0.1) is 12.9 Å². The second-order valence-corrected chi connectivity index (χ2v) is 5.14. The molecule has 3 aromatic rings. The Bertz CT molecular complexity index is 790. The molecule has 7 heteroatoms. The normalized spacial score (nSPS) is 10.8. The van der Waals surface area contributed by atoms with Gasteiger partial charge in [0.15, 0.2) is 5.96 Å². The van der Waals surface area contributed by atoms with Gasteiger partial charge in [-0.05, 0) is 24.3 Å². The van der Waals surface area contributed by atoms with Crippen LogP contribution in [0.1, 0.15) is 0 Å². The molecule has 6 nitrogen and oxygen atoms in total. The molecule has 0 radical (unpaired) electrons. The van der Waals surface area contributed by atoms with E-state index in [0.717, 1.165) is 23.7 Å². The highest BCUT2D eigenvalue weighted by Gasteiger charge is 2.00. The molecule has 2 aromatic carbocycles. The van der Waals surface area contributed by atoms with Crippen LogP contribution in [0.3, 0.4) is 0 Å². The highest BCUT2D eigenvalue weighted by molar-refractivity contribution is 14.0. The number of benzene rings is 2. The van der Waals surface area contributed by atoms with Gasteiger partial charge in [-0.25, -0.2) is 4.98 Å². The van der Waals surface area contributed by atoms with Crippen LogP contribution in [0.4, 0.5) is 5.69 Å². The highest BCUT2D eigenvalue weighted by Crippen LogP contribution is 2.23. The molecule has 0 saturated heterocycles. The smallest absolute Gasteiger partial charge is 0.193 e. The molecule has 0 saturated carbocycles. The van der Waals surface area contributed by atoms with Crippen molar-refractivity contribution in [2.45, 2.75) is 6.54 Å². The second kappa shape index (κ2) is 9.67. The summed E-state index contributed by atoms with van der Waals surface area (Å²) >= 11 is 0. The van der Waals surface area contributed by atoms with Crippen LogP contribution in [0.25, 0.3) is 0 Å². The summed E-state index contributed by atoms with van der Waals surface area (Å²) < 4.78 is 7.75. The fourth-order valence-corrected chi connectivity index (χ4v) is 2.15. The Morgan fingerprint density at radius 1 is 1.12 bits per heavy atom. The summed E-state index contributed by atoms with van der Waals surface area (Å²) in [4.78, 5) is 8.29. The van der Waals surface area contributed by atoms with Crippen LogP contribution in [0, 0.1) is 0 Å². The predicted molar refractivity (Wildman–Crippen MR) is 111 cm³/mol. The maximum absolute atomic E-state index is 5.92. The molecule has 130 valence electrons. The first kappa shape index (κ1) is 18.8. The summed E-state index contributed by atoms with van der Waals surface area (Å²) in [6.07, 6.45) is 5.39. The number of guanidine groups is 1. The van der Waals surface area contributed by atoms with Gasteiger partial charge in [0, 0.05) is 30.7 Å². The molecule has 1 aromatic heterocycles. The Kier molecular flexibility index (Phi) is 7.27. The van der Waals surface area contributed by atoms with E-state index in [4.69, 9.17) is 10.5 Å². The molecule has 0 unspecified atom stereocenters. The number of hydrogen-bond donors (Lipinski definition) is 2. The molecule has 0 bridgehead atoms. The Balaban J connectivity index is 0.00000225. The first-order valence-corrected chi connectivity index (χ1v) is 7.65. The predicted octanol–water partition coefficient (Wildman–Crippen LogP) is 3.72. The van der Waals surface area contributed by atoms with Crippen molar-refractivity contribution in [1.82, 2.24) is 9.55 Å². The number of para-hydroxylation sites is 1. The first-order chi connectivity index (χ1) is 11.8. The molecule has 0 fully saturated rings. The molecule has 0 amide bonds. The van der Waals surface area contributed by atoms with Gasteiger partial charge in [-0.1, -0.05) is 24.3 Å². The molecule has 0 aliphatic heterocycles. The van der Waals surface area contributed by atoms with Crippen LogP contribution in [-0.4, -0.2) is 22.1 Å². The number of nitrogens with one attached hydrogen (secondary N) is 1. The lowest BCUT2D eigenvalue weighted by Crippen LogP contribution is -2.23. The van der Waals surface area contributed by atoms with Crippen molar-refractivity contribution in [3.8, 4) is 11.5 Å². The van der Waals surface area contributed by atoms with Crippen molar-refractivity contribution in [1.29, 1.82) is 0 Å². The third-order valence-electron chi connectivity index (χ3n) is 3.28. The van der Waals surface area contributed by atoms with E-state index in [2.05, 4.69) is 15.3 Å². The van der Waals surface area contributed by atoms with Gasteiger partial charge in [0.1, 0.15) is 11.5 Å². The van der Waals surface area contributed by atoms with Crippen LogP contribution >= 0.6 is 24.0 Å². The number of ether oxygens (including phenoxy) is 1. The van der Waals surface area contributed by atoms with Crippen molar-refractivity contribution in [3.05, 3.63) is 73.3 Å². The third-order valence-corrected chi connectivity index (χ3v) is 3.28. The summed E-state index contributed by atoms with van der Waals surface area (Å²) in [6.45, 7) is 1.31. The van der Waals surface area contributed by atoms with E-state index in [-0.39, 0.29) is 24.0 Å². The van der Waals surface area contributed by atoms with E-state index >= 15 is 0 Å². The van der Waals surface area contributed by atoms with E-state index in [9.17, 15) is 0 Å². The SMILES string of the molecule is I.NC(=NCCn1ccnc1)Nc1cccc(Oc2ccccc2)c1. The Morgan fingerprint density at radius 2 is 1.92 bits per heavy atom. The summed E-state index contributed by atoms with van der Waals surface area (Å²) in [5.74, 6) is 1.89. The third kappa shape index (κ3) is 6.11. The Morgan fingerprint density at radius 3 is 2.68 bits per heavy atom. The maximum atomic E-state index is 5.92. The van der Waals surface area contributed by atoms with Crippen LogP contribution in [0.15, 0.2) is 78.3 Å². The average Bonchev–Trinajstić information content (AvgIpc) is 3.09. The Labute approximate surface area is 163 Å². The number of nitrogens with zero attached hydrogens (tertiary/aromatic N) is 3. The highest BCUT2D eigenvalue weighted by atomic mass is 127. The van der Waals surface area contributed by atoms with E-state index in [1.165, 1.54) is 0 Å². The minimum Gasteiger partial charge on any atom is -0.457 e. The molecule has 3 N–H and O–H groups in total. The van der Waals surface area contributed by atoms with E-state index in [1.807, 2.05) is 65.4 Å². The van der Waals surface area contributed by atoms with Gasteiger partial charge in [-0.2, -0.15) is 0 Å².